The van der Waals surface area contributed by atoms with Crippen LogP contribution in [0.5, 0.6) is 5.75 Å². The Labute approximate surface area is 169 Å². The van der Waals surface area contributed by atoms with Crippen LogP contribution in [0.1, 0.15) is 37.4 Å². The summed E-state index contributed by atoms with van der Waals surface area (Å²) in [5, 5.41) is 12.1. The smallest absolute Gasteiger partial charge is 0.230 e. The molecule has 146 valence electrons. The van der Waals surface area contributed by atoms with Crippen molar-refractivity contribution in [3.05, 3.63) is 72.1 Å². The lowest BCUT2D eigenvalue weighted by Crippen LogP contribution is -2.28. The van der Waals surface area contributed by atoms with Crippen LogP contribution in [-0.2, 0) is 11.8 Å². The molecule has 3 aromatic rings. The van der Waals surface area contributed by atoms with Gasteiger partial charge in [0.2, 0.25) is 5.91 Å². The minimum atomic E-state index is -0.249. The molecule has 1 heterocycles. The number of hydrogen-bond donors (Lipinski definition) is 1. The molecule has 0 spiro atoms. The number of carbonyl (C=O) groups is 1. The van der Waals surface area contributed by atoms with Crippen LogP contribution in [0.25, 0.3) is 0 Å². The molecule has 7 heteroatoms. The minimum absolute atomic E-state index is 0.0383. The molecule has 1 N–H and O–H groups in total. The summed E-state index contributed by atoms with van der Waals surface area (Å²) in [4.78, 5) is 12.3. The highest BCUT2D eigenvalue weighted by atomic mass is 32.2. The molecule has 0 aliphatic rings. The predicted octanol–water partition coefficient (Wildman–Crippen LogP) is 3.92. The van der Waals surface area contributed by atoms with Gasteiger partial charge in [0.15, 0.2) is 17.1 Å². The maximum Gasteiger partial charge on any atom is 0.230 e. The molecule has 3 rings (SSSR count). The van der Waals surface area contributed by atoms with Crippen molar-refractivity contribution in [2.24, 2.45) is 7.05 Å². The molecule has 0 bridgehead atoms. The molecule has 0 radical (unpaired) electrons. The normalized spacial score (nSPS) is 13.0. The number of aromatic nitrogens is 3. The number of rotatable bonds is 8. The highest BCUT2D eigenvalue weighted by Gasteiger charge is 2.18. The Morgan fingerprint density at radius 2 is 1.71 bits per heavy atom. The van der Waals surface area contributed by atoms with E-state index in [-0.39, 0.29) is 23.8 Å². The molecule has 1 aromatic heterocycles. The largest absolute Gasteiger partial charge is 0.483 e. The number of ether oxygens (including phenoxy) is 1. The average Bonchev–Trinajstić information content (AvgIpc) is 3.08. The molecule has 0 saturated carbocycles. The lowest BCUT2D eigenvalue weighted by molar-refractivity contribution is -0.119. The number of para-hydroxylation sites is 1. The predicted molar refractivity (Wildman–Crippen MR) is 110 cm³/mol. The number of nitrogens with one attached hydrogen (secondary N) is 1. The zero-order valence-electron chi connectivity index (χ0n) is 16.2. The van der Waals surface area contributed by atoms with Crippen LogP contribution in [0.4, 0.5) is 0 Å². The zero-order valence-corrected chi connectivity index (χ0v) is 17.0. The Hall–Kier alpha value is -2.80. The Kier molecular flexibility index (Phi) is 6.71. The Morgan fingerprint density at radius 1 is 1.07 bits per heavy atom. The van der Waals surface area contributed by atoms with Crippen molar-refractivity contribution < 1.29 is 9.53 Å². The van der Waals surface area contributed by atoms with Crippen molar-refractivity contribution in [2.45, 2.75) is 31.1 Å². The van der Waals surface area contributed by atoms with E-state index in [1.54, 1.807) is 0 Å². The third-order valence-corrected chi connectivity index (χ3v) is 5.32. The van der Waals surface area contributed by atoms with E-state index in [2.05, 4.69) is 15.5 Å². The summed E-state index contributed by atoms with van der Waals surface area (Å²) in [5.41, 5.74) is 1.08. The molecular weight excluding hydrogens is 372 g/mol. The second kappa shape index (κ2) is 9.41. The number of nitrogens with zero attached hydrogens (tertiary/aromatic N) is 3. The highest BCUT2D eigenvalue weighted by molar-refractivity contribution is 7.99. The molecule has 0 fully saturated rings. The third-order valence-electron chi connectivity index (χ3n) is 4.30. The number of amides is 1. The van der Waals surface area contributed by atoms with Gasteiger partial charge < -0.3 is 14.6 Å². The summed E-state index contributed by atoms with van der Waals surface area (Å²) in [6.45, 7) is 3.90. The second-order valence-corrected chi connectivity index (χ2v) is 7.40. The van der Waals surface area contributed by atoms with Gasteiger partial charge in [-0.05, 0) is 31.5 Å². The summed E-state index contributed by atoms with van der Waals surface area (Å²) in [6, 6.07) is 19.5. The average molecular weight is 397 g/mol. The fraction of sp³-hybridized carbons (Fsp3) is 0.286. The number of benzene rings is 2. The van der Waals surface area contributed by atoms with Crippen molar-refractivity contribution in [3.63, 3.8) is 0 Å². The lowest BCUT2D eigenvalue weighted by Gasteiger charge is -2.15. The summed E-state index contributed by atoms with van der Waals surface area (Å²) in [7, 11) is 1.88. The number of thioether (sulfide) groups is 1. The molecular formula is C21H24N4O2S. The van der Waals surface area contributed by atoms with E-state index in [9.17, 15) is 4.79 Å². The number of hydrogen-bond acceptors (Lipinski definition) is 5. The van der Waals surface area contributed by atoms with Crippen molar-refractivity contribution >= 4 is 17.7 Å². The second-order valence-electron chi connectivity index (χ2n) is 6.46. The zero-order chi connectivity index (χ0) is 19.9. The van der Waals surface area contributed by atoms with Crippen molar-refractivity contribution in [1.29, 1.82) is 0 Å². The minimum Gasteiger partial charge on any atom is -0.483 e. The van der Waals surface area contributed by atoms with Gasteiger partial charge >= 0.3 is 0 Å². The highest BCUT2D eigenvalue weighted by Crippen LogP contribution is 2.23. The monoisotopic (exact) mass is 396 g/mol. The molecule has 0 aliphatic heterocycles. The van der Waals surface area contributed by atoms with Gasteiger partial charge in [-0.3, -0.25) is 4.79 Å². The van der Waals surface area contributed by atoms with Gasteiger partial charge in [-0.15, -0.1) is 10.2 Å². The van der Waals surface area contributed by atoms with E-state index < -0.39 is 0 Å². The van der Waals surface area contributed by atoms with Crippen LogP contribution < -0.4 is 10.1 Å². The van der Waals surface area contributed by atoms with Crippen LogP contribution in [0.15, 0.2) is 65.8 Å². The van der Waals surface area contributed by atoms with E-state index >= 15 is 0 Å². The molecule has 28 heavy (non-hydrogen) atoms. The van der Waals surface area contributed by atoms with Gasteiger partial charge in [0.1, 0.15) is 5.75 Å². The van der Waals surface area contributed by atoms with Gasteiger partial charge in [0.25, 0.3) is 0 Å². The van der Waals surface area contributed by atoms with E-state index in [0.29, 0.717) is 11.0 Å². The van der Waals surface area contributed by atoms with Crippen LogP contribution in [-0.4, -0.2) is 26.4 Å². The summed E-state index contributed by atoms with van der Waals surface area (Å²) >= 11 is 1.36. The lowest BCUT2D eigenvalue weighted by atomic mass is 10.1. The molecule has 6 nitrogen and oxygen atoms in total. The maximum absolute atomic E-state index is 12.3. The first kappa shape index (κ1) is 19.9. The number of carbonyl (C=O) groups excluding carboxylic acids is 1. The van der Waals surface area contributed by atoms with Crippen molar-refractivity contribution in [2.75, 3.05) is 5.75 Å². The van der Waals surface area contributed by atoms with Crippen LogP contribution >= 0.6 is 11.8 Å². The molecule has 1 amide bonds. The fourth-order valence-corrected chi connectivity index (χ4v) is 3.53. The van der Waals surface area contributed by atoms with Gasteiger partial charge in [-0.25, -0.2) is 0 Å². The molecule has 2 atom stereocenters. The van der Waals surface area contributed by atoms with E-state index in [1.807, 2.05) is 86.1 Å². The topological polar surface area (TPSA) is 69.0 Å². The van der Waals surface area contributed by atoms with Gasteiger partial charge in [0, 0.05) is 7.05 Å². The van der Waals surface area contributed by atoms with Crippen LogP contribution in [0.3, 0.4) is 0 Å². The van der Waals surface area contributed by atoms with E-state index in [4.69, 9.17) is 4.74 Å². The molecule has 2 aromatic carbocycles. The summed E-state index contributed by atoms with van der Waals surface area (Å²) < 4.78 is 7.78. The molecule has 0 aliphatic carbocycles. The first-order chi connectivity index (χ1) is 13.5. The van der Waals surface area contributed by atoms with E-state index in [0.717, 1.165) is 11.3 Å². The Balaban J connectivity index is 1.54. The standard InChI is InChI=1S/C21H24N4O2S/c1-15(17-10-6-4-7-11-17)22-19(26)14-28-21-24-23-20(25(21)3)16(2)27-18-12-8-5-9-13-18/h4-13,15-16H,14H2,1-3H3,(H,22,26)/t15-,16+/m1/s1. The first-order valence-electron chi connectivity index (χ1n) is 9.12. The summed E-state index contributed by atoms with van der Waals surface area (Å²) in [5.74, 6) is 1.72. The van der Waals surface area contributed by atoms with Crippen LogP contribution in [0.2, 0.25) is 0 Å². The fourth-order valence-electron chi connectivity index (χ4n) is 2.80. The summed E-state index contributed by atoms with van der Waals surface area (Å²) in [6.07, 6.45) is -0.249. The molecule has 0 unspecified atom stereocenters. The first-order valence-corrected chi connectivity index (χ1v) is 10.1. The van der Waals surface area contributed by atoms with Crippen molar-refractivity contribution in [1.82, 2.24) is 20.1 Å². The maximum atomic E-state index is 12.3. The van der Waals surface area contributed by atoms with Crippen LogP contribution in [0, 0.1) is 0 Å². The Bertz CT molecular complexity index is 899. The quantitative estimate of drug-likeness (QED) is 0.585. The molecule has 0 saturated heterocycles. The third kappa shape index (κ3) is 5.13. The van der Waals surface area contributed by atoms with Crippen molar-refractivity contribution in [3.8, 4) is 5.75 Å². The Morgan fingerprint density at radius 3 is 2.39 bits per heavy atom. The van der Waals surface area contributed by atoms with Gasteiger partial charge in [0.05, 0.1) is 11.8 Å². The van der Waals surface area contributed by atoms with Gasteiger partial charge in [-0.1, -0.05) is 60.3 Å². The van der Waals surface area contributed by atoms with Gasteiger partial charge in [-0.2, -0.15) is 0 Å². The van der Waals surface area contributed by atoms with E-state index in [1.165, 1.54) is 11.8 Å². The SMILES string of the molecule is C[C@H](Oc1ccccc1)c1nnc(SCC(=O)N[C@H](C)c2ccccc2)n1C.